The van der Waals surface area contributed by atoms with Crippen molar-refractivity contribution in [2.45, 2.75) is 13.1 Å². The van der Waals surface area contributed by atoms with E-state index in [1.165, 1.54) is 0 Å². The fraction of sp³-hybridized carbons (Fsp3) is 1.00. The standard InChI is InChI=1S/C4H8F3NO3S.Na/c1-2-8(12(9,10)11)3-4(5,6)7;/h2-3H2,1H3,(H,9,10,11);/q;+1/p-1. The van der Waals surface area contributed by atoms with Crippen LogP contribution in [0.15, 0.2) is 0 Å². The van der Waals surface area contributed by atoms with Crippen molar-refractivity contribution < 1.29 is 55.7 Å². The summed E-state index contributed by atoms with van der Waals surface area (Å²) in [5, 5.41) is 0. The van der Waals surface area contributed by atoms with Gasteiger partial charge in [-0.05, 0) is 0 Å². The van der Waals surface area contributed by atoms with E-state index in [-0.39, 0.29) is 33.9 Å². The zero-order valence-electron chi connectivity index (χ0n) is 7.13. The maximum atomic E-state index is 11.6. The van der Waals surface area contributed by atoms with E-state index in [4.69, 9.17) is 0 Å². The Bertz CT molecular complexity index is 240. The van der Waals surface area contributed by atoms with Gasteiger partial charge in [-0.3, -0.25) is 0 Å². The van der Waals surface area contributed by atoms with E-state index < -0.39 is 29.6 Å². The molecule has 4 nitrogen and oxygen atoms in total. The van der Waals surface area contributed by atoms with Gasteiger partial charge in [0, 0.05) is 6.54 Å². The van der Waals surface area contributed by atoms with Gasteiger partial charge < -0.3 is 4.55 Å². The van der Waals surface area contributed by atoms with Crippen LogP contribution in [0.2, 0.25) is 0 Å². The Morgan fingerprint density at radius 1 is 1.38 bits per heavy atom. The van der Waals surface area contributed by atoms with Crippen LogP contribution in [0.3, 0.4) is 0 Å². The van der Waals surface area contributed by atoms with Crippen molar-refractivity contribution in [3.05, 3.63) is 0 Å². The van der Waals surface area contributed by atoms with E-state index in [2.05, 4.69) is 0 Å². The van der Waals surface area contributed by atoms with Gasteiger partial charge in [0.05, 0.1) is 0 Å². The van der Waals surface area contributed by atoms with Crippen LogP contribution in [0.4, 0.5) is 13.2 Å². The first-order chi connectivity index (χ1) is 5.17. The van der Waals surface area contributed by atoms with Crippen molar-refractivity contribution in [3.8, 4) is 0 Å². The Hall–Kier alpha value is 0.660. The first-order valence-electron chi connectivity index (χ1n) is 2.94. The van der Waals surface area contributed by atoms with Crippen molar-refractivity contribution in [1.82, 2.24) is 4.31 Å². The molecule has 13 heavy (non-hydrogen) atoms. The maximum Gasteiger partial charge on any atom is 1.00 e. The van der Waals surface area contributed by atoms with Crippen molar-refractivity contribution >= 4 is 10.3 Å². The fourth-order valence-electron chi connectivity index (χ4n) is 0.549. The number of rotatable bonds is 3. The predicted molar refractivity (Wildman–Crippen MR) is 33.0 cm³/mol. The third-order valence-corrected chi connectivity index (χ3v) is 2.04. The SMILES string of the molecule is CCN(CC(F)(F)F)S(=O)(=O)[O-].[Na+]. The number of alkyl halides is 3. The molecular weight excluding hydrogens is 222 g/mol. The molecule has 0 aromatic heterocycles. The second-order valence-electron chi connectivity index (χ2n) is 2.00. The molecule has 0 saturated heterocycles. The van der Waals surface area contributed by atoms with E-state index in [0.717, 1.165) is 6.92 Å². The summed E-state index contributed by atoms with van der Waals surface area (Å²) in [5.41, 5.74) is 0. The second-order valence-corrected chi connectivity index (χ2v) is 3.37. The van der Waals surface area contributed by atoms with Crippen LogP contribution in [0.1, 0.15) is 6.92 Å². The van der Waals surface area contributed by atoms with Gasteiger partial charge >= 0.3 is 35.7 Å². The topological polar surface area (TPSA) is 60.4 Å². The van der Waals surface area contributed by atoms with Gasteiger partial charge in [-0.2, -0.15) is 13.2 Å². The van der Waals surface area contributed by atoms with Crippen LogP contribution in [0, 0.1) is 0 Å². The third-order valence-electron chi connectivity index (χ3n) is 1.02. The molecule has 0 aliphatic heterocycles. The largest absolute Gasteiger partial charge is 1.00 e. The van der Waals surface area contributed by atoms with Gasteiger partial charge in [-0.25, -0.2) is 12.7 Å². The monoisotopic (exact) mass is 229 g/mol. The Morgan fingerprint density at radius 2 is 1.77 bits per heavy atom. The van der Waals surface area contributed by atoms with Gasteiger partial charge in [0.2, 0.25) is 0 Å². The van der Waals surface area contributed by atoms with Crippen LogP contribution in [-0.4, -0.2) is 36.5 Å². The molecule has 0 aromatic carbocycles. The van der Waals surface area contributed by atoms with E-state index in [1.54, 1.807) is 0 Å². The Labute approximate surface area is 96.3 Å². The van der Waals surface area contributed by atoms with Gasteiger partial charge in [0.25, 0.3) is 0 Å². The summed E-state index contributed by atoms with van der Waals surface area (Å²) < 4.78 is 64.9. The molecule has 0 heterocycles. The van der Waals surface area contributed by atoms with E-state index in [9.17, 15) is 26.1 Å². The van der Waals surface area contributed by atoms with Crippen LogP contribution in [0.5, 0.6) is 0 Å². The summed E-state index contributed by atoms with van der Waals surface area (Å²) in [6.45, 7) is -1.05. The minimum absolute atomic E-state index is 0. The van der Waals surface area contributed by atoms with E-state index in [1.807, 2.05) is 0 Å². The van der Waals surface area contributed by atoms with Crippen molar-refractivity contribution in [3.63, 3.8) is 0 Å². The zero-order valence-corrected chi connectivity index (χ0v) is 9.94. The molecule has 0 radical (unpaired) electrons. The van der Waals surface area contributed by atoms with Gasteiger partial charge in [-0.15, -0.1) is 0 Å². The quantitative estimate of drug-likeness (QED) is 0.392. The number of nitrogens with zero attached hydrogens (tertiary/aromatic N) is 1. The van der Waals surface area contributed by atoms with Crippen molar-refractivity contribution in [1.29, 1.82) is 0 Å². The van der Waals surface area contributed by atoms with Crippen LogP contribution < -0.4 is 29.6 Å². The molecule has 0 fully saturated rings. The summed E-state index contributed by atoms with van der Waals surface area (Å²) in [7, 11) is -4.98. The number of hydrogen-bond donors (Lipinski definition) is 0. The molecular formula is C4H7F3NNaO3S. The Kier molecular flexibility index (Phi) is 6.84. The summed E-state index contributed by atoms with van der Waals surface area (Å²) in [6.07, 6.45) is -4.67. The fourth-order valence-corrected chi connectivity index (χ4v) is 1.17. The smallest absolute Gasteiger partial charge is 0.735 e. The van der Waals surface area contributed by atoms with Crippen LogP contribution in [-0.2, 0) is 10.3 Å². The molecule has 0 bridgehead atoms. The molecule has 0 amide bonds. The molecule has 0 aliphatic carbocycles. The van der Waals surface area contributed by atoms with Crippen LogP contribution >= 0.6 is 0 Å². The normalized spacial score (nSPS) is 12.8. The third kappa shape index (κ3) is 7.71. The van der Waals surface area contributed by atoms with Crippen molar-refractivity contribution in [2.75, 3.05) is 13.1 Å². The van der Waals surface area contributed by atoms with E-state index >= 15 is 0 Å². The molecule has 0 saturated carbocycles. The summed E-state index contributed by atoms with van der Waals surface area (Å²) >= 11 is 0. The molecule has 0 aromatic rings. The van der Waals surface area contributed by atoms with Gasteiger partial charge in [-0.1, -0.05) is 6.92 Å². The summed E-state index contributed by atoms with van der Waals surface area (Å²) in [5.74, 6) is 0. The zero-order chi connectivity index (χ0) is 9.99. The molecule has 0 N–H and O–H groups in total. The minimum atomic E-state index is -4.98. The summed E-state index contributed by atoms with van der Waals surface area (Å²) in [4.78, 5) is 0. The maximum absolute atomic E-state index is 11.6. The van der Waals surface area contributed by atoms with E-state index in [0.29, 0.717) is 0 Å². The molecule has 0 spiro atoms. The molecule has 9 heteroatoms. The molecule has 0 rings (SSSR count). The molecule has 0 aliphatic rings. The van der Waals surface area contributed by atoms with Gasteiger partial charge in [0.1, 0.15) is 6.54 Å². The molecule has 0 unspecified atom stereocenters. The Morgan fingerprint density at radius 3 is 1.85 bits per heavy atom. The summed E-state index contributed by atoms with van der Waals surface area (Å²) in [6, 6.07) is 0. The molecule has 0 atom stereocenters. The second kappa shape index (κ2) is 5.52. The number of halogens is 3. The average Bonchev–Trinajstić information content (AvgIpc) is 1.78. The number of hydrogen-bond acceptors (Lipinski definition) is 3. The predicted octanol–water partition coefficient (Wildman–Crippen LogP) is -2.67. The average molecular weight is 229 g/mol. The van der Waals surface area contributed by atoms with Crippen LogP contribution in [0.25, 0.3) is 0 Å². The first kappa shape index (κ1) is 16.1. The first-order valence-corrected chi connectivity index (χ1v) is 4.31. The van der Waals surface area contributed by atoms with Crippen molar-refractivity contribution in [2.24, 2.45) is 0 Å². The molecule has 74 valence electrons. The van der Waals surface area contributed by atoms with Gasteiger partial charge in [0.15, 0.2) is 10.3 Å². The minimum Gasteiger partial charge on any atom is -0.735 e. The Balaban J connectivity index is 0.